The molecular formula is C10H12BrNO. The Morgan fingerprint density at radius 3 is 3.08 bits per heavy atom. The Kier molecular flexibility index (Phi) is 2.20. The van der Waals surface area contributed by atoms with Crippen LogP contribution in [-0.2, 0) is 0 Å². The Bertz CT molecular complexity index is 327. The van der Waals surface area contributed by atoms with Crippen LogP contribution >= 0.6 is 15.9 Å². The van der Waals surface area contributed by atoms with E-state index in [1.165, 1.54) is 0 Å². The number of anilines is 1. The average Bonchev–Trinajstić information content (AvgIpc) is 2.07. The van der Waals surface area contributed by atoms with Crippen LogP contribution in [0.15, 0.2) is 22.7 Å². The van der Waals surface area contributed by atoms with Gasteiger partial charge in [0.15, 0.2) is 5.75 Å². The van der Waals surface area contributed by atoms with Crippen LogP contribution in [0.25, 0.3) is 0 Å². The van der Waals surface area contributed by atoms with E-state index >= 15 is 0 Å². The van der Waals surface area contributed by atoms with Crippen molar-refractivity contribution in [3.63, 3.8) is 0 Å². The molecule has 0 amide bonds. The molecule has 0 saturated heterocycles. The SMILES string of the molecule is CC1CN(C)c2cccc(Br)c2O1. The molecule has 0 N–H and O–H groups in total. The van der Waals surface area contributed by atoms with Crippen LogP contribution in [0.1, 0.15) is 6.92 Å². The zero-order valence-electron chi connectivity index (χ0n) is 7.75. The maximum Gasteiger partial charge on any atom is 0.157 e. The van der Waals surface area contributed by atoms with Gasteiger partial charge in [0.1, 0.15) is 6.10 Å². The first-order valence-electron chi connectivity index (χ1n) is 4.35. The predicted molar refractivity (Wildman–Crippen MR) is 57.5 cm³/mol. The first kappa shape index (κ1) is 8.88. The number of benzene rings is 1. The minimum Gasteiger partial charge on any atom is -0.486 e. The van der Waals surface area contributed by atoms with Crippen molar-refractivity contribution in [3.8, 4) is 5.75 Å². The summed E-state index contributed by atoms with van der Waals surface area (Å²) in [6, 6.07) is 6.11. The molecule has 1 unspecified atom stereocenters. The summed E-state index contributed by atoms with van der Waals surface area (Å²) in [5, 5.41) is 0. The zero-order valence-corrected chi connectivity index (χ0v) is 9.34. The second kappa shape index (κ2) is 3.22. The molecule has 0 aliphatic carbocycles. The topological polar surface area (TPSA) is 12.5 Å². The maximum absolute atomic E-state index is 5.74. The molecule has 0 aromatic heterocycles. The Hall–Kier alpha value is -0.700. The van der Waals surface area contributed by atoms with E-state index in [0.717, 1.165) is 22.5 Å². The van der Waals surface area contributed by atoms with Crippen LogP contribution in [0.4, 0.5) is 5.69 Å². The van der Waals surface area contributed by atoms with E-state index in [0.29, 0.717) is 0 Å². The molecule has 2 rings (SSSR count). The lowest BCUT2D eigenvalue weighted by atomic mass is 10.2. The molecule has 1 aliphatic heterocycles. The van der Waals surface area contributed by atoms with Crippen LogP contribution in [0.2, 0.25) is 0 Å². The zero-order chi connectivity index (χ0) is 9.42. The van der Waals surface area contributed by atoms with E-state index in [1.54, 1.807) is 0 Å². The number of fused-ring (bicyclic) bond motifs is 1. The summed E-state index contributed by atoms with van der Waals surface area (Å²) in [6.07, 6.45) is 0.260. The van der Waals surface area contributed by atoms with E-state index in [-0.39, 0.29) is 6.10 Å². The van der Waals surface area contributed by atoms with Crippen molar-refractivity contribution in [1.29, 1.82) is 0 Å². The van der Waals surface area contributed by atoms with Crippen molar-refractivity contribution in [1.82, 2.24) is 0 Å². The first-order chi connectivity index (χ1) is 6.18. The third kappa shape index (κ3) is 1.53. The molecule has 2 nitrogen and oxygen atoms in total. The number of nitrogens with zero attached hydrogens (tertiary/aromatic N) is 1. The monoisotopic (exact) mass is 241 g/mol. The van der Waals surface area contributed by atoms with Crippen LogP contribution in [0, 0.1) is 0 Å². The average molecular weight is 242 g/mol. The van der Waals surface area contributed by atoms with Crippen molar-refractivity contribution in [3.05, 3.63) is 22.7 Å². The largest absolute Gasteiger partial charge is 0.486 e. The van der Waals surface area contributed by atoms with Gasteiger partial charge in [-0.1, -0.05) is 6.07 Å². The number of hydrogen-bond donors (Lipinski definition) is 0. The van der Waals surface area contributed by atoms with Gasteiger partial charge < -0.3 is 9.64 Å². The van der Waals surface area contributed by atoms with Gasteiger partial charge in [0.2, 0.25) is 0 Å². The molecule has 1 aliphatic rings. The smallest absolute Gasteiger partial charge is 0.157 e. The summed E-state index contributed by atoms with van der Waals surface area (Å²) in [5.41, 5.74) is 1.16. The van der Waals surface area contributed by atoms with Crippen molar-refractivity contribution < 1.29 is 4.74 Å². The molecule has 0 bridgehead atoms. The lowest BCUT2D eigenvalue weighted by Crippen LogP contribution is -2.35. The number of ether oxygens (including phenoxy) is 1. The molecular weight excluding hydrogens is 230 g/mol. The molecule has 0 fully saturated rings. The Morgan fingerprint density at radius 2 is 2.31 bits per heavy atom. The fraction of sp³-hybridized carbons (Fsp3) is 0.400. The Balaban J connectivity index is 2.49. The number of rotatable bonds is 0. The van der Waals surface area contributed by atoms with Crippen molar-refractivity contribution >= 4 is 21.6 Å². The fourth-order valence-electron chi connectivity index (χ4n) is 1.64. The quantitative estimate of drug-likeness (QED) is 0.693. The third-order valence-corrected chi connectivity index (χ3v) is 2.83. The van der Waals surface area contributed by atoms with Gasteiger partial charge in [0.25, 0.3) is 0 Å². The van der Waals surface area contributed by atoms with Crippen LogP contribution in [0.3, 0.4) is 0 Å². The summed E-state index contributed by atoms with van der Waals surface area (Å²) < 4.78 is 6.78. The molecule has 0 spiro atoms. The van der Waals surface area contributed by atoms with Gasteiger partial charge in [0.05, 0.1) is 16.7 Å². The fourth-order valence-corrected chi connectivity index (χ4v) is 2.09. The highest BCUT2D eigenvalue weighted by atomic mass is 79.9. The van der Waals surface area contributed by atoms with Gasteiger partial charge in [-0.2, -0.15) is 0 Å². The Morgan fingerprint density at radius 1 is 1.54 bits per heavy atom. The number of halogens is 1. The van der Waals surface area contributed by atoms with E-state index < -0.39 is 0 Å². The van der Waals surface area contributed by atoms with Gasteiger partial charge in [0, 0.05) is 7.05 Å². The second-order valence-electron chi connectivity index (χ2n) is 3.40. The summed E-state index contributed by atoms with van der Waals surface area (Å²) in [7, 11) is 2.09. The molecule has 70 valence electrons. The first-order valence-corrected chi connectivity index (χ1v) is 5.14. The molecule has 3 heteroatoms. The van der Waals surface area contributed by atoms with Crippen molar-refractivity contribution in [2.75, 3.05) is 18.5 Å². The van der Waals surface area contributed by atoms with Crippen LogP contribution in [0.5, 0.6) is 5.75 Å². The number of hydrogen-bond acceptors (Lipinski definition) is 2. The highest BCUT2D eigenvalue weighted by Crippen LogP contribution is 2.38. The summed E-state index contributed by atoms with van der Waals surface area (Å²) in [6.45, 7) is 3.03. The summed E-state index contributed by atoms with van der Waals surface area (Å²) in [5.74, 6) is 0.962. The molecule has 0 saturated carbocycles. The van der Waals surface area contributed by atoms with E-state index in [1.807, 2.05) is 12.1 Å². The summed E-state index contributed by atoms with van der Waals surface area (Å²) in [4.78, 5) is 2.22. The third-order valence-electron chi connectivity index (χ3n) is 2.21. The minimum atomic E-state index is 0.260. The maximum atomic E-state index is 5.74. The van der Waals surface area contributed by atoms with Crippen LogP contribution < -0.4 is 9.64 Å². The molecule has 0 radical (unpaired) electrons. The van der Waals surface area contributed by atoms with Gasteiger partial charge in [-0.3, -0.25) is 0 Å². The van der Waals surface area contributed by atoms with E-state index in [9.17, 15) is 0 Å². The normalized spacial score (nSPS) is 20.8. The molecule has 1 aromatic carbocycles. The highest BCUT2D eigenvalue weighted by molar-refractivity contribution is 9.10. The van der Waals surface area contributed by atoms with E-state index in [2.05, 4.69) is 40.9 Å². The van der Waals surface area contributed by atoms with Gasteiger partial charge in [-0.15, -0.1) is 0 Å². The second-order valence-corrected chi connectivity index (χ2v) is 4.25. The van der Waals surface area contributed by atoms with Crippen molar-refractivity contribution in [2.24, 2.45) is 0 Å². The Labute approximate surface area is 86.6 Å². The molecule has 1 atom stereocenters. The molecule has 13 heavy (non-hydrogen) atoms. The number of para-hydroxylation sites is 1. The van der Waals surface area contributed by atoms with Gasteiger partial charge in [-0.05, 0) is 35.0 Å². The van der Waals surface area contributed by atoms with Gasteiger partial charge in [-0.25, -0.2) is 0 Å². The van der Waals surface area contributed by atoms with Gasteiger partial charge >= 0.3 is 0 Å². The number of likely N-dealkylation sites (N-methyl/N-ethyl adjacent to an activating group) is 1. The lowest BCUT2D eigenvalue weighted by Gasteiger charge is -2.32. The highest BCUT2D eigenvalue weighted by Gasteiger charge is 2.21. The summed E-state index contributed by atoms with van der Waals surface area (Å²) >= 11 is 3.49. The minimum absolute atomic E-state index is 0.260. The van der Waals surface area contributed by atoms with Crippen LogP contribution in [-0.4, -0.2) is 19.7 Å². The standard InChI is InChI=1S/C10H12BrNO/c1-7-6-12(2)9-5-3-4-8(11)10(9)13-7/h3-5,7H,6H2,1-2H3. The predicted octanol–water partition coefficient (Wildman–Crippen LogP) is 2.67. The van der Waals surface area contributed by atoms with E-state index in [4.69, 9.17) is 4.74 Å². The molecule has 1 aromatic rings. The molecule has 1 heterocycles. The lowest BCUT2D eigenvalue weighted by molar-refractivity contribution is 0.214. The van der Waals surface area contributed by atoms with Crippen molar-refractivity contribution in [2.45, 2.75) is 13.0 Å².